The molecule has 0 saturated heterocycles. The highest BCUT2D eigenvalue weighted by Gasteiger charge is 2.10. The Morgan fingerprint density at radius 2 is 1.73 bits per heavy atom. The summed E-state index contributed by atoms with van der Waals surface area (Å²) in [6, 6.07) is 16.8. The van der Waals surface area contributed by atoms with E-state index in [2.05, 4.69) is 26.6 Å². The van der Waals surface area contributed by atoms with Gasteiger partial charge in [-0.15, -0.1) is 0 Å². The van der Waals surface area contributed by atoms with Gasteiger partial charge in [0, 0.05) is 11.0 Å². The average molecular weight is 420 g/mol. The molecule has 0 aromatic heterocycles. The molecule has 26 heavy (non-hydrogen) atoms. The van der Waals surface area contributed by atoms with Crippen LogP contribution >= 0.6 is 15.9 Å². The van der Waals surface area contributed by atoms with Crippen LogP contribution in [0.1, 0.15) is 0 Å². The zero-order valence-electron chi connectivity index (χ0n) is 14.6. The molecular weight excluding hydrogens is 398 g/mol. The predicted molar refractivity (Wildman–Crippen MR) is 105 cm³/mol. The molecule has 2 amide bonds. The van der Waals surface area contributed by atoms with Crippen molar-refractivity contribution in [3.63, 3.8) is 0 Å². The summed E-state index contributed by atoms with van der Waals surface area (Å²) in [5, 5.41) is 5.35. The predicted octanol–water partition coefficient (Wildman–Crippen LogP) is 2.51. The highest BCUT2D eigenvalue weighted by molar-refractivity contribution is 9.10. The Bertz CT molecular complexity index is 725. The molecule has 7 heteroatoms. The highest BCUT2D eigenvalue weighted by atomic mass is 79.9. The van der Waals surface area contributed by atoms with Gasteiger partial charge in [-0.1, -0.05) is 30.3 Å². The molecule has 0 radical (unpaired) electrons. The Morgan fingerprint density at radius 1 is 1.04 bits per heavy atom. The molecule has 0 atom stereocenters. The van der Waals surface area contributed by atoms with Gasteiger partial charge in [0.1, 0.15) is 12.4 Å². The molecule has 0 spiro atoms. The van der Waals surface area contributed by atoms with Crippen molar-refractivity contribution in [3.8, 4) is 5.75 Å². The third-order valence-electron chi connectivity index (χ3n) is 3.49. The van der Waals surface area contributed by atoms with Crippen LogP contribution in [-0.2, 0) is 9.59 Å². The lowest BCUT2D eigenvalue weighted by Gasteiger charge is -2.16. The van der Waals surface area contributed by atoms with Crippen LogP contribution in [0.3, 0.4) is 0 Å². The third-order valence-corrected chi connectivity index (χ3v) is 4.18. The quantitative estimate of drug-likeness (QED) is 0.654. The Morgan fingerprint density at radius 3 is 2.46 bits per heavy atom. The lowest BCUT2D eigenvalue weighted by Crippen LogP contribution is -2.40. The van der Waals surface area contributed by atoms with E-state index in [0.717, 1.165) is 10.2 Å². The minimum absolute atomic E-state index is 0.0749. The van der Waals surface area contributed by atoms with E-state index in [1.165, 1.54) is 0 Å². The van der Waals surface area contributed by atoms with Gasteiger partial charge in [-0.25, -0.2) is 0 Å². The second-order valence-electron chi connectivity index (χ2n) is 5.70. The number of anilines is 1. The van der Waals surface area contributed by atoms with E-state index in [9.17, 15) is 9.59 Å². The highest BCUT2D eigenvalue weighted by Crippen LogP contribution is 2.20. The van der Waals surface area contributed by atoms with Crippen LogP contribution in [0, 0.1) is 0 Å². The van der Waals surface area contributed by atoms with E-state index in [1.54, 1.807) is 6.07 Å². The summed E-state index contributed by atoms with van der Waals surface area (Å²) in [6.45, 7) is 1.21. The van der Waals surface area contributed by atoms with Gasteiger partial charge in [-0.2, -0.15) is 0 Å². The fourth-order valence-corrected chi connectivity index (χ4v) is 2.54. The van der Waals surface area contributed by atoms with Gasteiger partial charge in [-0.3, -0.25) is 14.5 Å². The van der Waals surface area contributed by atoms with Gasteiger partial charge in [-0.05, 0) is 47.2 Å². The molecule has 2 rings (SSSR count). The Labute approximate surface area is 161 Å². The maximum absolute atomic E-state index is 11.9. The van der Waals surface area contributed by atoms with Crippen LogP contribution in [0.2, 0.25) is 0 Å². The summed E-state index contributed by atoms with van der Waals surface area (Å²) < 4.78 is 6.38. The topological polar surface area (TPSA) is 70.7 Å². The van der Waals surface area contributed by atoms with Crippen LogP contribution in [0.4, 0.5) is 5.69 Å². The molecule has 0 heterocycles. The minimum atomic E-state index is -0.277. The van der Waals surface area contributed by atoms with Gasteiger partial charge in [0.2, 0.25) is 11.8 Å². The van der Waals surface area contributed by atoms with E-state index >= 15 is 0 Å². The number of ether oxygens (including phenoxy) is 1. The maximum Gasteiger partial charge on any atom is 0.243 e. The van der Waals surface area contributed by atoms with E-state index in [4.69, 9.17) is 4.74 Å². The second kappa shape index (κ2) is 10.6. The fraction of sp³-hybridized carbons (Fsp3) is 0.263. The molecule has 2 N–H and O–H groups in total. The molecular formula is C19H22BrN3O3. The van der Waals surface area contributed by atoms with Crippen molar-refractivity contribution in [2.75, 3.05) is 38.6 Å². The molecule has 0 aliphatic rings. The number of likely N-dealkylation sites (N-methyl/N-ethyl adjacent to an activating group) is 1. The fourth-order valence-electron chi connectivity index (χ4n) is 2.15. The van der Waals surface area contributed by atoms with Crippen LogP contribution in [0.5, 0.6) is 5.75 Å². The Balaban J connectivity index is 1.63. The van der Waals surface area contributed by atoms with Crippen LogP contribution < -0.4 is 15.4 Å². The second-order valence-corrected chi connectivity index (χ2v) is 6.56. The molecule has 6 nitrogen and oxygen atoms in total. The lowest BCUT2D eigenvalue weighted by atomic mass is 10.3. The zero-order valence-corrected chi connectivity index (χ0v) is 16.2. The van der Waals surface area contributed by atoms with E-state index < -0.39 is 0 Å². The third kappa shape index (κ3) is 7.25. The number of hydrogen-bond acceptors (Lipinski definition) is 4. The molecule has 0 fully saturated rings. The van der Waals surface area contributed by atoms with Crippen molar-refractivity contribution < 1.29 is 14.3 Å². The first-order valence-corrected chi connectivity index (χ1v) is 9.01. The maximum atomic E-state index is 11.9. The first kappa shape index (κ1) is 19.9. The molecule has 0 unspecified atom stereocenters. The molecule has 0 aliphatic heterocycles. The summed E-state index contributed by atoms with van der Waals surface area (Å²) in [5.41, 5.74) is 0.668. The van der Waals surface area contributed by atoms with Gasteiger partial charge in [0.05, 0.1) is 18.8 Å². The van der Waals surface area contributed by atoms with Crippen molar-refractivity contribution in [2.24, 2.45) is 0 Å². The van der Waals surface area contributed by atoms with Crippen LogP contribution in [-0.4, -0.2) is 50.0 Å². The van der Waals surface area contributed by atoms with Crippen molar-refractivity contribution in [3.05, 3.63) is 59.1 Å². The van der Waals surface area contributed by atoms with Crippen LogP contribution in [0.25, 0.3) is 0 Å². The number of amides is 2. The van der Waals surface area contributed by atoms with E-state index in [1.807, 2.05) is 60.5 Å². The summed E-state index contributed by atoms with van der Waals surface area (Å²) >= 11 is 3.36. The molecule has 2 aromatic carbocycles. The van der Waals surface area contributed by atoms with Crippen molar-refractivity contribution >= 4 is 33.4 Å². The number of carbonyl (C=O) groups is 2. The molecule has 0 saturated carbocycles. The standard InChI is InChI=1S/C19H22BrN3O3/c1-23(11-12-26-15-7-3-2-4-8-15)14-19(25)21-13-18(24)22-17-10-6-5-9-16(17)20/h2-10H,11-14H2,1H3,(H,21,25)(H,22,24). The van der Waals surface area contributed by atoms with Crippen molar-refractivity contribution in [1.82, 2.24) is 10.2 Å². The summed E-state index contributed by atoms with van der Waals surface area (Å²) in [6.07, 6.45) is 0. The minimum Gasteiger partial charge on any atom is -0.492 e. The van der Waals surface area contributed by atoms with Crippen LogP contribution in [0.15, 0.2) is 59.1 Å². The number of para-hydroxylation sites is 2. The van der Waals surface area contributed by atoms with E-state index in [-0.39, 0.29) is 24.9 Å². The molecule has 0 aliphatic carbocycles. The summed E-state index contributed by atoms with van der Waals surface area (Å²) in [5.74, 6) is 0.309. The smallest absolute Gasteiger partial charge is 0.243 e. The van der Waals surface area contributed by atoms with Crippen molar-refractivity contribution in [1.29, 1.82) is 0 Å². The van der Waals surface area contributed by atoms with Gasteiger partial charge >= 0.3 is 0 Å². The number of nitrogens with one attached hydrogen (secondary N) is 2. The normalized spacial score (nSPS) is 10.4. The molecule has 0 bridgehead atoms. The number of carbonyl (C=O) groups excluding carboxylic acids is 2. The first-order valence-electron chi connectivity index (χ1n) is 8.22. The number of rotatable bonds is 9. The molecule has 138 valence electrons. The zero-order chi connectivity index (χ0) is 18.8. The van der Waals surface area contributed by atoms with E-state index in [0.29, 0.717) is 18.8 Å². The summed E-state index contributed by atoms with van der Waals surface area (Å²) in [4.78, 5) is 25.7. The SMILES string of the molecule is CN(CCOc1ccccc1)CC(=O)NCC(=O)Nc1ccccc1Br. The van der Waals surface area contributed by atoms with Gasteiger partial charge in [0.15, 0.2) is 0 Å². The number of halogens is 1. The summed E-state index contributed by atoms with van der Waals surface area (Å²) in [7, 11) is 1.83. The Kier molecular flexibility index (Phi) is 8.11. The monoisotopic (exact) mass is 419 g/mol. The number of nitrogens with zero attached hydrogens (tertiary/aromatic N) is 1. The lowest BCUT2D eigenvalue weighted by molar-refractivity contribution is -0.124. The van der Waals surface area contributed by atoms with Gasteiger partial charge in [0.25, 0.3) is 0 Å². The van der Waals surface area contributed by atoms with Crippen molar-refractivity contribution in [2.45, 2.75) is 0 Å². The number of hydrogen-bond donors (Lipinski definition) is 2. The number of benzene rings is 2. The Hall–Kier alpha value is -2.38. The first-order chi connectivity index (χ1) is 12.5. The largest absolute Gasteiger partial charge is 0.492 e. The average Bonchev–Trinajstić information content (AvgIpc) is 2.63. The van der Waals surface area contributed by atoms with Gasteiger partial charge < -0.3 is 15.4 Å². The molecule has 2 aromatic rings.